The molecular weight excluding hydrogens is 482 g/mol. The Labute approximate surface area is 210 Å². The van der Waals surface area contributed by atoms with Crippen LogP contribution in [-0.4, -0.2) is 67.1 Å². The number of anilines is 1. The summed E-state index contributed by atoms with van der Waals surface area (Å²) in [6, 6.07) is 9.73. The highest BCUT2D eigenvalue weighted by Crippen LogP contribution is 2.31. The van der Waals surface area contributed by atoms with Crippen molar-refractivity contribution in [3.63, 3.8) is 0 Å². The van der Waals surface area contributed by atoms with Crippen LogP contribution in [0.5, 0.6) is 0 Å². The second kappa shape index (κ2) is 10.9. The van der Waals surface area contributed by atoms with Crippen LogP contribution in [0.15, 0.2) is 51.2 Å². The van der Waals surface area contributed by atoms with Crippen LogP contribution < -0.4 is 16.6 Å². The number of sulfonamides is 1. The van der Waals surface area contributed by atoms with E-state index in [-0.39, 0.29) is 28.6 Å². The summed E-state index contributed by atoms with van der Waals surface area (Å²) < 4.78 is 25.7. The Bertz CT molecular complexity index is 1330. The first kappa shape index (κ1) is 26.9. The average molecular weight is 514 g/mol. The largest absolute Gasteiger partial charge is 0.383 e. The number of aromatic amines is 1. The molecule has 1 aliphatic rings. The van der Waals surface area contributed by atoms with Crippen molar-refractivity contribution < 1.29 is 13.2 Å². The minimum atomic E-state index is -3.59. The predicted octanol–water partition coefficient (Wildman–Crippen LogP) is 1.76. The van der Waals surface area contributed by atoms with E-state index in [2.05, 4.69) is 21.4 Å². The summed E-state index contributed by atoms with van der Waals surface area (Å²) in [5.74, 6) is 0.00597. The highest BCUT2D eigenvalue weighted by Gasteiger charge is 2.36. The number of amidine groups is 1. The second-order valence-corrected chi connectivity index (χ2v) is 11.0. The van der Waals surface area contributed by atoms with Crippen LogP contribution in [0.25, 0.3) is 0 Å². The number of carbonyl (C=O) groups excluding carboxylic acids is 1. The molecule has 192 valence electrons. The summed E-state index contributed by atoms with van der Waals surface area (Å²) >= 11 is 0. The lowest BCUT2D eigenvalue weighted by atomic mass is 9.84. The van der Waals surface area contributed by atoms with E-state index in [1.165, 1.54) is 44.6 Å². The Kier molecular flexibility index (Phi) is 8.17. The van der Waals surface area contributed by atoms with Crippen LogP contribution >= 0.6 is 0 Å². The van der Waals surface area contributed by atoms with Crippen molar-refractivity contribution in [2.45, 2.75) is 43.0 Å². The number of rotatable bonds is 8. The Morgan fingerprint density at radius 3 is 2.44 bits per heavy atom. The van der Waals surface area contributed by atoms with Crippen molar-refractivity contribution in [2.75, 3.05) is 32.5 Å². The third-order valence-corrected chi connectivity index (χ3v) is 8.10. The SMILES string of the molecule is CCC(=O)N1CCC(CC#N)(Nc2cc[nH]c(=O)c2C(N)=Nc2ccc(S(=O)(=O)N(C)C)cc2)CC1. The van der Waals surface area contributed by atoms with Gasteiger partial charge in [0.2, 0.25) is 15.9 Å². The van der Waals surface area contributed by atoms with Gasteiger partial charge < -0.3 is 20.9 Å². The van der Waals surface area contributed by atoms with Crippen LogP contribution in [0.3, 0.4) is 0 Å². The number of likely N-dealkylation sites (tertiary alicyclic amines) is 1. The van der Waals surface area contributed by atoms with Crippen LogP contribution in [-0.2, 0) is 14.8 Å². The monoisotopic (exact) mass is 513 g/mol. The zero-order chi connectivity index (χ0) is 26.5. The highest BCUT2D eigenvalue weighted by atomic mass is 32.2. The summed E-state index contributed by atoms with van der Waals surface area (Å²) in [6.45, 7) is 2.83. The first-order valence-corrected chi connectivity index (χ1v) is 13.0. The molecule has 3 rings (SSSR count). The van der Waals surface area contributed by atoms with Gasteiger partial charge in [0.05, 0.1) is 34.3 Å². The van der Waals surface area contributed by atoms with Gasteiger partial charge in [-0.1, -0.05) is 6.92 Å². The molecule has 1 saturated heterocycles. The summed E-state index contributed by atoms with van der Waals surface area (Å²) in [6.07, 6.45) is 3.17. The molecule has 36 heavy (non-hydrogen) atoms. The standard InChI is InChI=1S/C24H31N7O4S/c1-4-20(32)31-15-11-24(10-13-25,12-16-31)29-19-9-14-27-23(33)21(19)22(26)28-17-5-7-18(8-6-17)36(34,35)30(2)3/h5-9,14H,4,10-12,15-16H2,1-3H3,(H2,26,28)(H2,27,29,33). The van der Waals surface area contributed by atoms with E-state index in [0.717, 1.165) is 4.31 Å². The molecule has 1 aliphatic heterocycles. The smallest absolute Gasteiger partial charge is 0.261 e. The lowest BCUT2D eigenvalue weighted by Crippen LogP contribution is -2.51. The number of aromatic nitrogens is 1. The summed E-state index contributed by atoms with van der Waals surface area (Å²) in [5.41, 5.74) is 6.07. The fourth-order valence-electron chi connectivity index (χ4n) is 4.13. The maximum absolute atomic E-state index is 12.8. The van der Waals surface area contributed by atoms with Crippen molar-refractivity contribution >= 4 is 33.1 Å². The first-order chi connectivity index (χ1) is 17.0. The van der Waals surface area contributed by atoms with Crippen LogP contribution in [0.4, 0.5) is 11.4 Å². The topological polar surface area (TPSA) is 165 Å². The normalized spacial score (nSPS) is 16.0. The van der Waals surface area contributed by atoms with Gasteiger partial charge in [-0.05, 0) is 43.2 Å². The number of amides is 1. The molecule has 0 atom stereocenters. The molecule has 12 heteroatoms. The van der Waals surface area contributed by atoms with Gasteiger partial charge >= 0.3 is 0 Å². The number of hydrogen-bond donors (Lipinski definition) is 3. The molecular formula is C24H31N7O4S. The van der Waals surface area contributed by atoms with Crippen LogP contribution in [0, 0.1) is 11.3 Å². The molecule has 11 nitrogen and oxygen atoms in total. The van der Waals surface area contributed by atoms with E-state index in [9.17, 15) is 23.3 Å². The summed E-state index contributed by atoms with van der Waals surface area (Å²) in [4.78, 5) is 33.7. The lowest BCUT2D eigenvalue weighted by Gasteiger charge is -2.42. The maximum Gasteiger partial charge on any atom is 0.261 e. The molecule has 2 aromatic rings. The number of pyridine rings is 1. The summed E-state index contributed by atoms with van der Waals surface area (Å²) in [7, 11) is -0.701. The van der Waals surface area contributed by atoms with Crippen molar-refractivity contribution in [2.24, 2.45) is 10.7 Å². The molecule has 0 saturated carbocycles. The number of nitrogens with one attached hydrogen (secondary N) is 2. The molecule has 0 bridgehead atoms. The van der Waals surface area contributed by atoms with E-state index >= 15 is 0 Å². The zero-order valence-corrected chi connectivity index (χ0v) is 21.4. The number of piperidine rings is 1. The van der Waals surface area contributed by atoms with Crippen molar-refractivity contribution in [1.82, 2.24) is 14.2 Å². The van der Waals surface area contributed by atoms with E-state index in [1.807, 2.05) is 6.92 Å². The van der Waals surface area contributed by atoms with Gasteiger partial charge in [0.15, 0.2) is 0 Å². The molecule has 0 unspecified atom stereocenters. The van der Waals surface area contributed by atoms with Crippen molar-refractivity contribution in [3.8, 4) is 6.07 Å². The molecule has 1 fully saturated rings. The minimum absolute atomic E-state index is 0.0618. The zero-order valence-electron chi connectivity index (χ0n) is 20.6. The second-order valence-electron chi connectivity index (χ2n) is 8.85. The average Bonchev–Trinajstić information content (AvgIpc) is 2.84. The van der Waals surface area contributed by atoms with Crippen LogP contribution in [0.2, 0.25) is 0 Å². The molecule has 4 N–H and O–H groups in total. The molecule has 2 heterocycles. The maximum atomic E-state index is 12.8. The number of carbonyl (C=O) groups is 1. The molecule has 1 amide bonds. The number of hydrogen-bond acceptors (Lipinski definition) is 7. The Morgan fingerprint density at radius 2 is 1.89 bits per heavy atom. The van der Waals surface area contributed by atoms with Gasteiger partial charge in [0, 0.05) is 39.8 Å². The number of nitrogens with zero attached hydrogens (tertiary/aromatic N) is 4. The molecule has 0 spiro atoms. The molecule has 1 aromatic carbocycles. The van der Waals surface area contributed by atoms with Gasteiger partial charge in [0.25, 0.3) is 5.56 Å². The van der Waals surface area contributed by atoms with Gasteiger partial charge in [-0.2, -0.15) is 5.26 Å². The van der Waals surface area contributed by atoms with E-state index in [0.29, 0.717) is 43.7 Å². The third kappa shape index (κ3) is 5.75. The number of benzene rings is 1. The molecule has 0 aliphatic carbocycles. The van der Waals surface area contributed by atoms with Crippen molar-refractivity contribution in [3.05, 3.63) is 52.4 Å². The van der Waals surface area contributed by atoms with Crippen LogP contribution in [0.1, 0.15) is 38.2 Å². The number of nitriles is 1. The Balaban J connectivity index is 1.91. The van der Waals surface area contributed by atoms with E-state index in [4.69, 9.17) is 5.73 Å². The van der Waals surface area contributed by atoms with Gasteiger partial charge in [-0.15, -0.1) is 0 Å². The first-order valence-electron chi connectivity index (χ1n) is 11.5. The Hall–Kier alpha value is -3.69. The number of aliphatic imine (C=N–C) groups is 1. The quantitative estimate of drug-likeness (QED) is 0.357. The number of H-pyrrole nitrogens is 1. The van der Waals surface area contributed by atoms with E-state index < -0.39 is 21.1 Å². The van der Waals surface area contributed by atoms with Gasteiger partial charge in [0.1, 0.15) is 11.4 Å². The fraction of sp³-hybridized carbons (Fsp3) is 0.417. The third-order valence-electron chi connectivity index (χ3n) is 6.27. The minimum Gasteiger partial charge on any atom is -0.383 e. The Morgan fingerprint density at radius 1 is 1.25 bits per heavy atom. The van der Waals surface area contributed by atoms with Crippen molar-refractivity contribution in [1.29, 1.82) is 5.26 Å². The van der Waals surface area contributed by atoms with E-state index in [1.54, 1.807) is 11.0 Å². The molecule has 0 radical (unpaired) electrons. The summed E-state index contributed by atoms with van der Waals surface area (Å²) in [5, 5.41) is 12.9. The van der Waals surface area contributed by atoms with Gasteiger partial charge in [-0.3, -0.25) is 9.59 Å². The lowest BCUT2D eigenvalue weighted by molar-refractivity contribution is -0.132. The highest BCUT2D eigenvalue weighted by molar-refractivity contribution is 7.89. The molecule has 1 aromatic heterocycles. The van der Waals surface area contributed by atoms with Gasteiger partial charge in [-0.25, -0.2) is 17.7 Å². The predicted molar refractivity (Wildman–Crippen MR) is 137 cm³/mol. The number of nitrogens with two attached hydrogens (primary N) is 1. The fourth-order valence-corrected chi connectivity index (χ4v) is 5.03.